The van der Waals surface area contributed by atoms with Gasteiger partial charge in [0.1, 0.15) is 0 Å². The number of rotatable bonds is 8. The molecule has 2 heterocycles. The van der Waals surface area contributed by atoms with Gasteiger partial charge in [-0.05, 0) is 110 Å². The number of para-hydroxylation sites is 3. The van der Waals surface area contributed by atoms with E-state index >= 15 is 0 Å². The smallest absolute Gasteiger partial charge is 0.0541 e. The molecule has 68 heavy (non-hydrogen) atoms. The lowest BCUT2D eigenvalue weighted by atomic mass is 9.93. The SMILES string of the molecule is c1ccc(-c2ccc3c(c2)c2cc(-c4ccccc4-c4ccccc4)ccc2n3-c2ccccc2-c2ccccc2-n2c3ccccc3c3cc(-c4ccccc4-c4ccccc4)ccc32)cc1. The van der Waals surface area contributed by atoms with Crippen LogP contribution >= 0.6 is 0 Å². The molecule has 318 valence electrons. The maximum atomic E-state index is 2.49. The highest BCUT2D eigenvalue weighted by Crippen LogP contribution is 2.44. The van der Waals surface area contributed by atoms with Crippen LogP contribution in [0.15, 0.2) is 267 Å². The van der Waals surface area contributed by atoms with Crippen molar-refractivity contribution in [2.24, 2.45) is 0 Å². The van der Waals surface area contributed by atoms with E-state index in [-0.39, 0.29) is 0 Å². The first-order valence-electron chi connectivity index (χ1n) is 23.4. The summed E-state index contributed by atoms with van der Waals surface area (Å²) >= 11 is 0. The Hall–Kier alpha value is -8.98. The fourth-order valence-corrected chi connectivity index (χ4v) is 10.7. The number of benzene rings is 11. The van der Waals surface area contributed by atoms with E-state index in [0.29, 0.717) is 0 Å². The summed E-state index contributed by atoms with van der Waals surface area (Å²) in [5, 5.41) is 4.89. The largest absolute Gasteiger partial charge is 0.309 e. The van der Waals surface area contributed by atoms with E-state index in [2.05, 4.69) is 276 Å². The minimum absolute atomic E-state index is 1.13. The van der Waals surface area contributed by atoms with Crippen molar-refractivity contribution >= 4 is 43.6 Å². The Balaban J connectivity index is 1.01. The average molecular weight is 865 g/mol. The Labute approximate surface area is 395 Å². The van der Waals surface area contributed by atoms with Crippen LogP contribution in [-0.2, 0) is 0 Å². The molecule has 0 spiro atoms. The molecule has 0 amide bonds. The zero-order chi connectivity index (χ0) is 45.0. The molecule has 0 unspecified atom stereocenters. The van der Waals surface area contributed by atoms with E-state index in [1.165, 1.54) is 93.7 Å². The van der Waals surface area contributed by atoms with Gasteiger partial charge in [-0.1, -0.05) is 212 Å². The van der Waals surface area contributed by atoms with Gasteiger partial charge in [0.05, 0.1) is 33.4 Å². The third-order valence-electron chi connectivity index (χ3n) is 13.8. The second-order valence-corrected chi connectivity index (χ2v) is 17.6. The van der Waals surface area contributed by atoms with Crippen LogP contribution in [0.25, 0.3) is 122 Å². The highest BCUT2D eigenvalue weighted by molar-refractivity contribution is 6.14. The zero-order valence-electron chi connectivity index (χ0n) is 37.3. The molecule has 0 aliphatic rings. The third-order valence-corrected chi connectivity index (χ3v) is 13.8. The van der Waals surface area contributed by atoms with Crippen LogP contribution in [-0.4, -0.2) is 9.13 Å². The van der Waals surface area contributed by atoms with Gasteiger partial charge >= 0.3 is 0 Å². The highest BCUT2D eigenvalue weighted by Gasteiger charge is 2.22. The monoisotopic (exact) mass is 864 g/mol. The molecular formula is C66H44N2. The predicted molar refractivity (Wildman–Crippen MR) is 288 cm³/mol. The van der Waals surface area contributed by atoms with Crippen LogP contribution < -0.4 is 0 Å². The number of fused-ring (bicyclic) bond motifs is 6. The number of aromatic nitrogens is 2. The van der Waals surface area contributed by atoms with Crippen LogP contribution in [0.4, 0.5) is 0 Å². The first-order valence-corrected chi connectivity index (χ1v) is 23.4. The van der Waals surface area contributed by atoms with Crippen LogP contribution in [0, 0.1) is 0 Å². The number of hydrogen-bond donors (Lipinski definition) is 0. The average Bonchev–Trinajstić information content (AvgIpc) is 3.93. The minimum atomic E-state index is 1.13. The van der Waals surface area contributed by atoms with Gasteiger partial charge in [-0.25, -0.2) is 0 Å². The van der Waals surface area contributed by atoms with Gasteiger partial charge in [-0.2, -0.15) is 0 Å². The van der Waals surface area contributed by atoms with Gasteiger partial charge in [-0.3, -0.25) is 0 Å². The van der Waals surface area contributed by atoms with Crippen molar-refractivity contribution in [1.82, 2.24) is 9.13 Å². The van der Waals surface area contributed by atoms with E-state index in [1.807, 2.05) is 0 Å². The maximum Gasteiger partial charge on any atom is 0.0541 e. The van der Waals surface area contributed by atoms with Crippen LogP contribution in [0.1, 0.15) is 0 Å². The summed E-state index contributed by atoms with van der Waals surface area (Å²) < 4.78 is 4.96. The summed E-state index contributed by atoms with van der Waals surface area (Å²) in [6, 6.07) is 97.4. The number of hydrogen-bond acceptors (Lipinski definition) is 0. The quantitative estimate of drug-likeness (QED) is 0.144. The van der Waals surface area contributed by atoms with E-state index < -0.39 is 0 Å². The molecule has 2 nitrogen and oxygen atoms in total. The molecule has 0 aliphatic heterocycles. The fourth-order valence-electron chi connectivity index (χ4n) is 10.7. The molecule has 2 aromatic heterocycles. The topological polar surface area (TPSA) is 9.86 Å². The summed E-state index contributed by atoms with van der Waals surface area (Å²) in [5.74, 6) is 0. The standard InChI is InChI=1S/C66H44N2/c1-4-20-45(21-5-1)48-36-39-65-59(42-48)60-44-50(54-29-13-11-27-52(54)47-24-8-3-9-25-47)38-41-66(60)68(65)62-34-18-15-31-56(62)55-30-14-17-33-61(55)67-63-35-19-16-32-57(63)58-43-49(37-40-64(58)67)53-28-12-10-26-51(53)46-22-6-2-7-23-46/h1-44H. The number of nitrogens with zero attached hydrogens (tertiary/aromatic N) is 2. The van der Waals surface area contributed by atoms with Gasteiger partial charge in [0.25, 0.3) is 0 Å². The van der Waals surface area contributed by atoms with Crippen LogP contribution in [0.5, 0.6) is 0 Å². The third kappa shape index (κ3) is 6.57. The molecule has 0 saturated carbocycles. The van der Waals surface area contributed by atoms with E-state index in [9.17, 15) is 0 Å². The summed E-state index contributed by atoms with van der Waals surface area (Å²) in [5.41, 5.74) is 21.4. The molecule has 0 bridgehead atoms. The van der Waals surface area contributed by atoms with E-state index in [0.717, 1.165) is 28.0 Å². The molecule has 0 saturated heterocycles. The summed E-state index contributed by atoms with van der Waals surface area (Å²) in [4.78, 5) is 0. The summed E-state index contributed by atoms with van der Waals surface area (Å²) in [6.45, 7) is 0. The minimum Gasteiger partial charge on any atom is -0.309 e. The first-order chi connectivity index (χ1) is 33.8. The van der Waals surface area contributed by atoms with Gasteiger partial charge in [0.15, 0.2) is 0 Å². The molecule has 13 rings (SSSR count). The van der Waals surface area contributed by atoms with E-state index in [4.69, 9.17) is 0 Å². The van der Waals surface area contributed by atoms with Crippen molar-refractivity contribution in [3.8, 4) is 78.1 Å². The molecule has 0 fully saturated rings. The van der Waals surface area contributed by atoms with Gasteiger partial charge in [-0.15, -0.1) is 0 Å². The Morgan fingerprint density at radius 1 is 0.176 bits per heavy atom. The van der Waals surface area contributed by atoms with Gasteiger partial charge in [0.2, 0.25) is 0 Å². The van der Waals surface area contributed by atoms with Crippen LogP contribution in [0.2, 0.25) is 0 Å². The lowest BCUT2D eigenvalue weighted by Gasteiger charge is -2.18. The lowest BCUT2D eigenvalue weighted by molar-refractivity contribution is 1.16. The van der Waals surface area contributed by atoms with Crippen molar-refractivity contribution in [1.29, 1.82) is 0 Å². The highest BCUT2D eigenvalue weighted by atomic mass is 15.0. The second-order valence-electron chi connectivity index (χ2n) is 17.6. The lowest BCUT2D eigenvalue weighted by Crippen LogP contribution is -2.01. The Kier molecular flexibility index (Phi) is 9.54. The van der Waals surface area contributed by atoms with Crippen molar-refractivity contribution in [3.63, 3.8) is 0 Å². The summed E-state index contributed by atoms with van der Waals surface area (Å²) in [7, 11) is 0. The molecule has 0 radical (unpaired) electrons. The molecule has 2 heteroatoms. The molecule has 0 N–H and O–H groups in total. The fraction of sp³-hybridized carbons (Fsp3) is 0. The van der Waals surface area contributed by atoms with E-state index in [1.54, 1.807) is 0 Å². The maximum absolute atomic E-state index is 2.49. The van der Waals surface area contributed by atoms with Crippen LogP contribution in [0.3, 0.4) is 0 Å². The van der Waals surface area contributed by atoms with Gasteiger partial charge < -0.3 is 9.13 Å². The normalized spacial score (nSPS) is 11.5. The zero-order valence-corrected chi connectivity index (χ0v) is 37.3. The Morgan fingerprint density at radius 3 is 0.956 bits per heavy atom. The molecular weight excluding hydrogens is 821 g/mol. The van der Waals surface area contributed by atoms with Crippen molar-refractivity contribution in [2.45, 2.75) is 0 Å². The molecule has 0 atom stereocenters. The molecule has 13 aromatic rings. The second kappa shape index (κ2) is 16.5. The van der Waals surface area contributed by atoms with Gasteiger partial charge in [0, 0.05) is 32.7 Å². The molecule has 11 aromatic carbocycles. The van der Waals surface area contributed by atoms with Crippen molar-refractivity contribution in [3.05, 3.63) is 267 Å². The van der Waals surface area contributed by atoms with Crippen molar-refractivity contribution < 1.29 is 0 Å². The Morgan fingerprint density at radius 2 is 0.485 bits per heavy atom. The Bertz CT molecular complexity index is 4010. The summed E-state index contributed by atoms with van der Waals surface area (Å²) in [6.07, 6.45) is 0. The first kappa shape index (κ1) is 39.4. The predicted octanol–water partition coefficient (Wildman–Crippen LogP) is 17.9. The van der Waals surface area contributed by atoms with Crippen molar-refractivity contribution in [2.75, 3.05) is 0 Å². The molecule has 0 aliphatic carbocycles.